The van der Waals surface area contributed by atoms with Gasteiger partial charge in [0.15, 0.2) is 0 Å². The highest BCUT2D eigenvalue weighted by Gasteiger charge is 2.16. The summed E-state index contributed by atoms with van der Waals surface area (Å²) in [6, 6.07) is 0.705. The first-order valence-corrected chi connectivity index (χ1v) is 7.49. The van der Waals surface area contributed by atoms with Gasteiger partial charge in [-0.15, -0.1) is 11.8 Å². The molecule has 0 aromatic carbocycles. The van der Waals surface area contributed by atoms with Crippen LogP contribution in [0.1, 0.15) is 71.6 Å². The number of nitrogens with one attached hydrogen (secondary N) is 1. The van der Waals surface area contributed by atoms with Gasteiger partial charge in [0.2, 0.25) is 0 Å². The molecule has 1 fully saturated rings. The first kappa shape index (κ1) is 14.6. The summed E-state index contributed by atoms with van der Waals surface area (Å²) in [5.74, 6) is 7.22. The zero-order valence-electron chi connectivity index (χ0n) is 11.7. The first-order chi connectivity index (χ1) is 8.36. The lowest BCUT2D eigenvalue weighted by Gasteiger charge is -2.19. The first-order valence-electron chi connectivity index (χ1n) is 7.49. The van der Waals surface area contributed by atoms with Gasteiger partial charge in [-0.3, -0.25) is 0 Å². The van der Waals surface area contributed by atoms with Gasteiger partial charge in [-0.2, -0.15) is 0 Å². The van der Waals surface area contributed by atoms with E-state index in [9.17, 15) is 0 Å². The van der Waals surface area contributed by atoms with Gasteiger partial charge < -0.3 is 5.32 Å². The fourth-order valence-corrected chi connectivity index (χ4v) is 2.80. The maximum Gasteiger partial charge on any atom is 0.0103 e. The predicted octanol–water partition coefficient (Wildman–Crippen LogP) is 4.13. The van der Waals surface area contributed by atoms with Gasteiger partial charge in [0.05, 0.1) is 0 Å². The molecule has 1 aliphatic rings. The van der Waals surface area contributed by atoms with Crippen LogP contribution in [-0.4, -0.2) is 12.6 Å². The van der Waals surface area contributed by atoms with Crippen LogP contribution in [0.15, 0.2) is 0 Å². The van der Waals surface area contributed by atoms with Crippen molar-refractivity contribution in [2.45, 2.75) is 77.7 Å². The van der Waals surface area contributed by atoms with Crippen LogP contribution in [0.2, 0.25) is 0 Å². The molecule has 0 radical (unpaired) electrons. The zero-order valence-corrected chi connectivity index (χ0v) is 11.7. The Morgan fingerprint density at radius 3 is 2.65 bits per heavy atom. The van der Waals surface area contributed by atoms with E-state index < -0.39 is 0 Å². The Kier molecular flexibility index (Phi) is 8.18. The Bertz CT molecular complexity index is 230. The Labute approximate surface area is 108 Å². The van der Waals surface area contributed by atoms with Crippen molar-refractivity contribution in [3.05, 3.63) is 0 Å². The summed E-state index contributed by atoms with van der Waals surface area (Å²) in [7, 11) is 0. The molecule has 1 nitrogen and oxygen atoms in total. The fraction of sp³-hybridized carbons (Fsp3) is 0.875. The summed E-state index contributed by atoms with van der Waals surface area (Å²) >= 11 is 0. The van der Waals surface area contributed by atoms with Crippen molar-refractivity contribution >= 4 is 0 Å². The molecule has 1 atom stereocenters. The number of rotatable bonds is 8. The molecule has 1 heteroatoms. The van der Waals surface area contributed by atoms with Crippen LogP contribution < -0.4 is 5.32 Å². The quantitative estimate of drug-likeness (QED) is 0.624. The molecule has 0 aliphatic heterocycles. The normalized spacial score (nSPS) is 17.8. The van der Waals surface area contributed by atoms with E-state index in [1.165, 1.54) is 51.4 Å². The Balaban J connectivity index is 2.19. The number of hydrogen-bond acceptors (Lipinski definition) is 1. The van der Waals surface area contributed by atoms with Crippen LogP contribution in [0, 0.1) is 17.8 Å². The lowest BCUT2D eigenvalue weighted by atomic mass is 9.96. The van der Waals surface area contributed by atoms with Gasteiger partial charge in [-0.25, -0.2) is 0 Å². The molecule has 0 saturated heterocycles. The maximum absolute atomic E-state index is 3.68. The van der Waals surface area contributed by atoms with Gasteiger partial charge >= 0.3 is 0 Å². The third kappa shape index (κ3) is 6.74. The van der Waals surface area contributed by atoms with Crippen LogP contribution in [-0.2, 0) is 0 Å². The molecular formula is C16H29N. The summed E-state index contributed by atoms with van der Waals surface area (Å²) in [5.41, 5.74) is 0. The third-order valence-electron chi connectivity index (χ3n) is 3.88. The highest BCUT2D eigenvalue weighted by Crippen LogP contribution is 2.29. The molecule has 0 amide bonds. The van der Waals surface area contributed by atoms with Gasteiger partial charge in [0.1, 0.15) is 0 Å². The second-order valence-electron chi connectivity index (χ2n) is 5.34. The summed E-state index contributed by atoms with van der Waals surface area (Å²) < 4.78 is 0. The topological polar surface area (TPSA) is 12.0 Å². The van der Waals surface area contributed by atoms with Crippen molar-refractivity contribution in [3.8, 4) is 11.8 Å². The van der Waals surface area contributed by atoms with Crippen molar-refractivity contribution in [3.63, 3.8) is 0 Å². The molecule has 17 heavy (non-hydrogen) atoms. The van der Waals surface area contributed by atoms with Crippen LogP contribution in [0.5, 0.6) is 0 Å². The zero-order chi connectivity index (χ0) is 12.3. The van der Waals surface area contributed by atoms with Crippen LogP contribution >= 0.6 is 0 Å². The molecule has 1 unspecified atom stereocenters. The van der Waals surface area contributed by atoms with E-state index >= 15 is 0 Å². The molecular weight excluding hydrogens is 206 g/mol. The smallest absolute Gasteiger partial charge is 0.0103 e. The minimum atomic E-state index is 0.705. The third-order valence-corrected chi connectivity index (χ3v) is 3.88. The van der Waals surface area contributed by atoms with Gasteiger partial charge in [0, 0.05) is 12.5 Å². The molecule has 98 valence electrons. The van der Waals surface area contributed by atoms with Crippen molar-refractivity contribution in [1.82, 2.24) is 5.32 Å². The Morgan fingerprint density at radius 2 is 2.00 bits per heavy atom. The summed E-state index contributed by atoms with van der Waals surface area (Å²) in [5, 5.41) is 3.68. The van der Waals surface area contributed by atoms with E-state index in [1.54, 1.807) is 0 Å². The van der Waals surface area contributed by atoms with Crippen molar-refractivity contribution in [2.75, 3.05) is 6.54 Å². The monoisotopic (exact) mass is 235 g/mol. The van der Waals surface area contributed by atoms with E-state index in [2.05, 4.69) is 24.1 Å². The highest BCUT2D eigenvalue weighted by molar-refractivity contribution is 4.95. The average Bonchev–Trinajstić information content (AvgIpc) is 2.85. The number of hydrogen-bond donors (Lipinski definition) is 1. The minimum absolute atomic E-state index is 0.705. The molecule has 1 aliphatic carbocycles. The molecule has 0 spiro atoms. The van der Waals surface area contributed by atoms with E-state index in [4.69, 9.17) is 0 Å². The lowest BCUT2D eigenvalue weighted by Crippen LogP contribution is -2.30. The summed E-state index contributed by atoms with van der Waals surface area (Å²) in [4.78, 5) is 0. The van der Waals surface area contributed by atoms with E-state index in [1.807, 2.05) is 6.92 Å². The minimum Gasteiger partial charge on any atom is -0.314 e. The summed E-state index contributed by atoms with van der Waals surface area (Å²) in [6.45, 7) is 5.34. The van der Waals surface area contributed by atoms with Gasteiger partial charge in [-0.05, 0) is 45.1 Å². The largest absolute Gasteiger partial charge is 0.314 e. The van der Waals surface area contributed by atoms with Crippen molar-refractivity contribution in [1.29, 1.82) is 0 Å². The van der Waals surface area contributed by atoms with Gasteiger partial charge in [-0.1, -0.05) is 32.6 Å². The molecule has 0 bridgehead atoms. The Hall–Kier alpha value is -0.480. The fourth-order valence-electron chi connectivity index (χ4n) is 2.80. The molecule has 0 heterocycles. The van der Waals surface area contributed by atoms with Crippen molar-refractivity contribution in [2.24, 2.45) is 5.92 Å². The molecule has 0 aromatic heterocycles. The van der Waals surface area contributed by atoms with Crippen LogP contribution in [0.4, 0.5) is 0 Å². The molecule has 0 aromatic rings. The van der Waals surface area contributed by atoms with Crippen molar-refractivity contribution < 1.29 is 0 Å². The van der Waals surface area contributed by atoms with E-state index in [0.29, 0.717) is 6.04 Å². The summed E-state index contributed by atoms with van der Waals surface area (Å²) in [6.07, 6.45) is 12.2. The predicted molar refractivity (Wildman–Crippen MR) is 76.0 cm³/mol. The van der Waals surface area contributed by atoms with E-state index in [0.717, 1.165) is 18.9 Å². The average molecular weight is 235 g/mol. The van der Waals surface area contributed by atoms with Crippen LogP contribution in [0.25, 0.3) is 0 Å². The second kappa shape index (κ2) is 9.54. The Morgan fingerprint density at radius 1 is 1.24 bits per heavy atom. The van der Waals surface area contributed by atoms with E-state index in [-0.39, 0.29) is 0 Å². The lowest BCUT2D eigenvalue weighted by molar-refractivity contribution is 0.392. The van der Waals surface area contributed by atoms with Gasteiger partial charge in [0.25, 0.3) is 0 Å². The molecule has 1 N–H and O–H groups in total. The van der Waals surface area contributed by atoms with Crippen LogP contribution in [0.3, 0.4) is 0 Å². The second-order valence-corrected chi connectivity index (χ2v) is 5.34. The highest BCUT2D eigenvalue weighted by atomic mass is 14.9. The maximum atomic E-state index is 3.68. The standard InChI is InChI=1S/C16H29N/c1-3-5-6-11-16(17-14-4-2)13-12-15-9-7-8-10-15/h15-17H,4,6-14H2,1-2H3. The molecule has 1 rings (SSSR count). The SMILES string of the molecule is CC#CCCC(CCC1CCCC1)NCCC. The molecule has 1 saturated carbocycles.